The van der Waals surface area contributed by atoms with Gasteiger partial charge in [-0.2, -0.15) is 0 Å². The molecule has 38 heavy (non-hydrogen) atoms. The number of unbranched alkanes of at least 4 members (excludes halogenated alkanes) is 1. The lowest BCUT2D eigenvalue weighted by Gasteiger charge is -2.34. The number of hydrogen-bond donors (Lipinski definition) is 1. The number of amides is 1. The van der Waals surface area contributed by atoms with E-state index in [1.165, 1.54) is 0 Å². The number of hydrogen-bond acceptors (Lipinski definition) is 6. The molecule has 0 aliphatic carbocycles. The van der Waals surface area contributed by atoms with Crippen LogP contribution in [0.2, 0.25) is 5.02 Å². The molecule has 3 heterocycles. The highest BCUT2D eigenvalue weighted by molar-refractivity contribution is 7.09. The van der Waals surface area contributed by atoms with E-state index in [-0.39, 0.29) is 18.4 Å². The van der Waals surface area contributed by atoms with Gasteiger partial charge in [-0.25, -0.2) is 15.0 Å². The molecule has 1 unspecified atom stereocenters. The van der Waals surface area contributed by atoms with Crippen LogP contribution in [-0.2, 0) is 16.0 Å². The van der Waals surface area contributed by atoms with Crippen LogP contribution in [0.4, 0.5) is 0 Å². The molecule has 0 spiro atoms. The van der Waals surface area contributed by atoms with E-state index in [4.69, 9.17) is 26.7 Å². The third-order valence-corrected chi connectivity index (χ3v) is 7.71. The summed E-state index contributed by atoms with van der Waals surface area (Å²) >= 11 is 7.67. The summed E-state index contributed by atoms with van der Waals surface area (Å²) in [5.74, 6) is -0.853. The van der Waals surface area contributed by atoms with Gasteiger partial charge in [-0.3, -0.25) is 9.59 Å². The van der Waals surface area contributed by atoms with Crippen LogP contribution in [0, 0.1) is 0 Å². The Morgan fingerprint density at radius 1 is 1.18 bits per heavy atom. The van der Waals surface area contributed by atoms with Crippen molar-refractivity contribution >= 4 is 47.0 Å². The maximum Gasteiger partial charge on any atom is 0.303 e. The number of nitrogens with zero attached hydrogens (tertiary/aromatic N) is 4. The predicted octanol–water partition coefficient (Wildman–Crippen LogP) is 6.85. The summed E-state index contributed by atoms with van der Waals surface area (Å²) in [6.07, 6.45) is 10.00. The second-order valence-electron chi connectivity index (χ2n) is 9.31. The third kappa shape index (κ3) is 6.74. The van der Waals surface area contributed by atoms with Gasteiger partial charge in [-0.1, -0.05) is 30.3 Å². The van der Waals surface area contributed by atoms with Gasteiger partial charge in [0.15, 0.2) is 0 Å². The number of piperidine rings is 1. The van der Waals surface area contributed by atoms with Crippen molar-refractivity contribution < 1.29 is 14.7 Å². The first-order chi connectivity index (χ1) is 18.4. The van der Waals surface area contributed by atoms with Crippen LogP contribution >= 0.6 is 22.9 Å². The fourth-order valence-corrected chi connectivity index (χ4v) is 5.57. The van der Waals surface area contributed by atoms with Gasteiger partial charge in [-0.05, 0) is 69.7 Å². The first-order valence-electron chi connectivity index (χ1n) is 12.8. The second-order valence-corrected chi connectivity index (χ2v) is 10.7. The molecule has 1 N–H and O–H groups in total. The minimum Gasteiger partial charge on any atom is -0.481 e. The zero-order chi connectivity index (χ0) is 27.1. The van der Waals surface area contributed by atoms with Crippen molar-refractivity contribution in [1.82, 2.24) is 19.9 Å². The topological polar surface area (TPSA) is 96.3 Å². The summed E-state index contributed by atoms with van der Waals surface area (Å²) in [6, 6.07) is 7.36. The number of carboxylic acid groups (broad SMARTS) is 1. The van der Waals surface area contributed by atoms with Crippen molar-refractivity contribution in [2.24, 2.45) is 0 Å². The molecule has 4 rings (SSSR count). The van der Waals surface area contributed by atoms with Crippen LogP contribution in [0.25, 0.3) is 23.4 Å². The number of rotatable bonds is 10. The summed E-state index contributed by atoms with van der Waals surface area (Å²) in [6.45, 7) is 6.44. The molecule has 0 bridgehead atoms. The molecule has 1 aromatic carbocycles. The van der Waals surface area contributed by atoms with E-state index in [9.17, 15) is 9.59 Å². The van der Waals surface area contributed by atoms with Crippen LogP contribution in [0.1, 0.15) is 73.6 Å². The van der Waals surface area contributed by atoms with Crippen molar-refractivity contribution in [2.45, 2.75) is 57.9 Å². The van der Waals surface area contributed by atoms with Crippen molar-refractivity contribution in [1.29, 1.82) is 0 Å². The molecule has 1 saturated heterocycles. The van der Waals surface area contributed by atoms with E-state index in [1.54, 1.807) is 41.8 Å². The molecule has 1 aliphatic heterocycles. The Labute approximate surface area is 231 Å². The molecule has 2 aromatic heterocycles. The van der Waals surface area contributed by atoms with E-state index < -0.39 is 5.97 Å². The van der Waals surface area contributed by atoms with Gasteiger partial charge in [0.1, 0.15) is 5.01 Å². The Bertz CT molecular complexity index is 1320. The fraction of sp³-hybridized carbons (Fsp3) is 0.345. The molecule has 1 aliphatic rings. The van der Waals surface area contributed by atoms with Crippen molar-refractivity contribution in [3.05, 3.63) is 75.1 Å². The maximum atomic E-state index is 13.6. The number of aryl methyl sites for hydroxylation is 1. The molecule has 1 atom stereocenters. The summed E-state index contributed by atoms with van der Waals surface area (Å²) in [7, 11) is 0. The smallest absolute Gasteiger partial charge is 0.303 e. The summed E-state index contributed by atoms with van der Waals surface area (Å²) in [5, 5.41) is 12.6. The number of thiazole rings is 1. The Kier molecular flexibility index (Phi) is 9.42. The van der Waals surface area contributed by atoms with Crippen LogP contribution in [0.15, 0.2) is 48.0 Å². The van der Waals surface area contributed by atoms with E-state index in [1.807, 2.05) is 29.3 Å². The number of carbonyl (C=O) groups excluding carboxylic acids is 1. The quantitative estimate of drug-likeness (QED) is 0.219. The normalized spacial score (nSPS) is 15.9. The molecular formula is C29H31ClN4O3S. The summed E-state index contributed by atoms with van der Waals surface area (Å²) < 4.78 is 0. The van der Waals surface area contributed by atoms with Gasteiger partial charge in [-0.15, -0.1) is 11.3 Å². The Hall–Kier alpha value is -3.36. The molecule has 0 radical (unpaired) electrons. The molecule has 3 aromatic rings. The lowest BCUT2D eigenvalue weighted by molar-refractivity contribution is -0.137. The average Bonchev–Trinajstić information content (AvgIpc) is 3.46. The molecule has 7 nitrogen and oxygen atoms in total. The first kappa shape index (κ1) is 27.7. The maximum absolute atomic E-state index is 13.6. The highest BCUT2D eigenvalue weighted by atomic mass is 35.5. The molecule has 1 amide bonds. The number of carboxylic acids is 1. The molecule has 1 fully saturated rings. The lowest BCUT2D eigenvalue weighted by Crippen LogP contribution is -2.38. The van der Waals surface area contributed by atoms with Crippen molar-refractivity contribution in [3.63, 3.8) is 0 Å². The van der Waals surface area contributed by atoms with Crippen LogP contribution < -0.4 is 0 Å². The van der Waals surface area contributed by atoms with E-state index >= 15 is 0 Å². The molecule has 9 heteroatoms. The fourth-order valence-electron chi connectivity index (χ4n) is 4.66. The number of halogens is 1. The monoisotopic (exact) mass is 550 g/mol. The first-order valence-corrected chi connectivity index (χ1v) is 14.0. The van der Waals surface area contributed by atoms with Crippen LogP contribution in [0.3, 0.4) is 0 Å². The van der Waals surface area contributed by atoms with Crippen molar-refractivity contribution in [3.8, 4) is 11.3 Å². The molecule has 0 saturated carbocycles. The van der Waals surface area contributed by atoms with Gasteiger partial charge in [0.25, 0.3) is 0 Å². The van der Waals surface area contributed by atoms with Gasteiger partial charge >= 0.3 is 5.97 Å². The lowest BCUT2D eigenvalue weighted by atomic mass is 10.0. The van der Waals surface area contributed by atoms with E-state index in [2.05, 4.69) is 11.6 Å². The Balaban J connectivity index is 1.67. The van der Waals surface area contributed by atoms with Crippen molar-refractivity contribution in [2.75, 3.05) is 6.54 Å². The third-order valence-electron chi connectivity index (χ3n) is 6.58. The number of carbonyl (C=O) groups is 2. The van der Waals surface area contributed by atoms with E-state index in [0.717, 1.165) is 35.5 Å². The van der Waals surface area contributed by atoms with Gasteiger partial charge in [0, 0.05) is 40.7 Å². The standard InChI is InChI=1S/C29H31ClN4O3S/c1-3-22-24(18-19(2)29(37)34-16-7-6-9-25(34)28-31-15-17-38-28)32-23(8-4-5-10-26(35)36)27(33-22)20-11-13-21(30)14-12-20/h3,11-15,17-18,25H,1,4-10,16H2,2H3,(H,35,36). The SMILES string of the molecule is C=Cc1nc(-c2ccc(Cl)cc2)c(CCCCC(=O)O)nc1C=C(C)C(=O)N1CCCCC1c1nccs1. The minimum absolute atomic E-state index is 0.0124. The van der Waals surface area contributed by atoms with E-state index in [0.29, 0.717) is 53.5 Å². The average molecular weight is 551 g/mol. The number of aromatic nitrogens is 3. The minimum atomic E-state index is -0.817. The number of likely N-dealkylation sites (tertiary alicyclic amines) is 1. The number of aliphatic carboxylic acids is 1. The zero-order valence-electron chi connectivity index (χ0n) is 21.4. The number of benzene rings is 1. The van der Waals surface area contributed by atoms with Gasteiger partial charge in [0.05, 0.1) is 28.8 Å². The predicted molar refractivity (Wildman–Crippen MR) is 152 cm³/mol. The largest absolute Gasteiger partial charge is 0.481 e. The van der Waals surface area contributed by atoms with Gasteiger partial charge in [0.2, 0.25) is 5.91 Å². The zero-order valence-corrected chi connectivity index (χ0v) is 23.0. The molecular weight excluding hydrogens is 520 g/mol. The molecule has 198 valence electrons. The highest BCUT2D eigenvalue weighted by Gasteiger charge is 2.30. The summed E-state index contributed by atoms with van der Waals surface area (Å²) in [4.78, 5) is 40.7. The summed E-state index contributed by atoms with van der Waals surface area (Å²) in [5.41, 5.74) is 4.02. The Morgan fingerprint density at radius 3 is 2.66 bits per heavy atom. The highest BCUT2D eigenvalue weighted by Crippen LogP contribution is 2.33. The Morgan fingerprint density at radius 2 is 1.97 bits per heavy atom. The van der Waals surface area contributed by atoms with Gasteiger partial charge < -0.3 is 10.0 Å². The van der Waals surface area contributed by atoms with Crippen LogP contribution in [-0.4, -0.2) is 43.4 Å². The van der Waals surface area contributed by atoms with Crippen LogP contribution in [0.5, 0.6) is 0 Å². The second kappa shape index (κ2) is 12.9.